The zero-order valence-electron chi connectivity index (χ0n) is 8.40. The van der Waals surface area contributed by atoms with Crippen molar-refractivity contribution in [1.82, 2.24) is 10.2 Å². The van der Waals surface area contributed by atoms with Gasteiger partial charge < -0.3 is 9.84 Å². The minimum absolute atomic E-state index is 0.0955. The molecule has 0 atom stereocenters. The molecule has 7 nitrogen and oxygen atoms in total. The molecule has 1 amide bonds. The summed E-state index contributed by atoms with van der Waals surface area (Å²) in [6.07, 6.45) is 0.574. The number of H-pyrrole nitrogens is 1. The lowest BCUT2D eigenvalue weighted by molar-refractivity contribution is -0.136. The zero-order valence-corrected chi connectivity index (χ0v) is 8.40. The molecule has 0 aromatic carbocycles. The van der Waals surface area contributed by atoms with Crippen LogP contribution in [0.3, 0.4) is 0 Å². The Balaban J connectivity index is 2.48. The van der Waals surface area contributed by atoms with Crippen LogP contribution in [-0.2, 0) is 16.0 Å². The number of aromatic nitrogens is 2. The number of carboxylic acid groups (broad SMARTS) is 1. The quantitative estimate of drug-likeness (QED) is 0.642. The molecule has 1 aromatic heterocycles. The number of ether oxygens (including phenoxy) is 1. The second-order valence-corrected chi connectivity index (χ2v) is 2.86. The van der Waals surface area contributed by atoms with E-state index in [0.29, 0.717) is 5.69 Å². The molecule has 16 heavy (non-hydrogen) atoms. The first-order chi connectivity index (χ1) is 7.61. The van der Waals surface area contributed by atoms with Crippen molar-refractivity contribution in [2.45, 2.75) is 6.42 Å². The van der Waals surface area contributed by atoms with Gasteiger partial charge in [0, 0.05) is 11.8 Å². The van der Waals surface area contributed by atoms with E-state index in [-0.39, 0.29) is 18.8 Å². The molecule has 0 saturated heterocycles. The minimum atomic E-state index is -0.982. The fourth-order valence-electron chi connectivity index (χ4n) is 0.954. The van der Waals surface area contributed by atoms with Gasteiger partial charge in [-0.25, -0.2) is 4.79 Å². The summed E-state index contributed by atoms with van der Waals surface area (Å²) in [5.41, 5.74) is 0.395. The van der Waals surface area contributed by atoms with Gasteiger partial charge in [0.2, 0.25) is 0 Å². The van der Waals surface area contributed by atoms with Crippen LogP contribution < -0.4 is 5.32 Å². The molecule has 0 aliphatic rings. The molecule has 0 bridgehead atoms. The van der Waals surface area contributed by atoms with Gasteiger partial charge in [-0.2, -0.15) is 5.10 Å². The van der Waals surface area contributed by atoms with E-state index in [9.17, 15) is 9.59 Å². The summed E-state index contributed by atoms with van der Waals surface area (Å²) in [7, 11) is 0. The van der Waals surface area contributed by atoms with Gasteiger partial charge in [-0.15, -0.1) is 0 Å². The van der Waals surface area contributed by atoms with E-state index in [1.807, 2.05) is 0 Å². The molecular formula is C9H11N3O4. The fraction of sp³-hybridized carbons (Fsp3) is 0.222. The van der Waals surface area contributed by atoms with Crippen LogP contribution in [0, 0.1) is 0 Å². The van der Waals surface area contributed by atoms with Crippen LogP contribution in [0.25, 0.3) is 0 Å². The van der Waals surface area contributed by atoms with E-state index in [1.165, 1.54) is 12.1 Å². The molecule has 0 aliphatic carbocycles. The number of hydrogen-bond donors (Lipinski definition) is 3. The Hall–Kier alpha value is -2.31. The summed E-state index contributed by atoms with van der Waals surface area (Å²) in [6.45, 7) is 3.48. The Bertz CT molecular complexity index is 399. The zero-order chi connectivity index (χ0) is 12.0. The number of carbonyl (C=O) groups is 2. The van der Waals surface area contributed by atoms with Gasteiger partial charge in [-0.3, -0.25) is 15.2 Å². The highest BCUT2D eigenvalue weighted by atomic mass is 16.5. The van der Waals surface area contributed by atoms with E-state index in [1.54, 1.807) is 0 Å². The van der Waals surface area contributed by atoms with E-state index < -0.39 is 12.1 Å². The molecule has 3 N–H and O–H groups in total. The summed E-state index contributed by atoms with van der Waals surface area (Å²) in [4.78, 5) is 21.4. The number of carboxylic acids is 1. The summed E-state index contributed by atoms with van der Waals surface area (Å²) in [6, 6.07) is 1.42. The number of nitrogens with zero attached hydrogens (tertiary/aromatic N) is 1. The number of aromatic amines is 1. The first-order valence-electron chi connectivity index (χ1n) is 4.42. The van der Waals surface area contributed by atoms with Gasteiger partial charge in [0.15, 0.2) is 5.82 Å². The summed E-state index contributed by atoms with van der Waals surface area (Å²) < 4.78 is 4.65. The van der Waals surface area contributed by atoms with Crippen LogP contribution in [-0.4, -0.2) is 34.0 Å². The highest BCUT2D eigenvalue weighted by molar-refractivity contribution is 5.83. The largest absolute Gasteiger partial charge is 0.481 e. The number of hydrogen-bond acceptors (Lipinski definition) is 4. The fourth-order valence-corrected chi connectivity index (χ4v) is 0.954. The maximum absolute atomic E-state index is 11.1. The van der Waals surface area contributed by atoms with Gasteiger partial charge >= 0.3 is 12.1 Å². The van der Waals surface area contributed by atoms with E-state index in [0.717, 1.165) is 0 Å². The standard InChI is InChI=1S/C9H11N3O4/c1-2-3-16-9(15)10-7-4-6(11-12-7)5-8(13)14/h2,4H,1,3,5H2,(H,13,14)(H2,10,11,12,15). The van der Waals surface area contributed by atoms with Crippen molar-refractivity contribution in [3.05, 3.63) is 24.4 Å². The minimum Gasteiger partial charge on any atom is -0.481 e. The van der Waals surface area contributed by atoms with Crippen molar-refractivity contribution in [3.8, 4) is 0 Å². The summed E-state index contributed by atoms with van der Waals surface area (Å²) >= 11 is 0. The Labute approximate surface area is 91.1 Å². The number of rotatable bonds is 5. The summed E-state index contributed by atoms with van der Waals surface area (Å²) in [5.74, 6) is -0.769. The lowest BCUT2D eigenvalue weighted by atomic mass is 10.3. The monoisotopic (exact) mass is 225 g/mol. The second-order valence-electron chi connectivity index (χ2n) is 2.86. The Morgan fingerprint density at radius 1 is 1.69 bits per heavy atom. The summed E-state index contributed by atoms with van der Waals surface area (Å²) in [5, 5.41) is 17.0. The lowest BCUT2D eigenvalue weighted by Crippen LogP contribution is -2.13. The second kappa shape index (κ2) is 5.54. The molecule has 0 spiro atoms. The van der Waals surface area contributed by atoms with Crippen molar-refractivity contribution >= 4 is 17.9 Å². The predicted molar refractivity (Wildman–Crippen MR) is 55.1 cm³/mol. The van der Waals surface area contributed by atoms with Gasteiger partial charge in [0.25, 0.3) is 0 Å². The number of amides is 1. The van der Waals surface area contributed by atoms with Crippen LogP contribution in [0.4, 0.5) is 10.6 Å². The molecule has 0 saturated carbocycles. The third kappa shape index (κ3) is 3.82. The average Bonchev–Trinajstić information content (AvgIpc) is 2.61. The molecule has 0 fully saturated rings. The number of aliphatic carboxylic acids is 1. The molecule has 0 unspecified atom stereocenters. The van der Waals surface area contributed by atoms with E-state index in [2.05, 4.69) is 26.8 Å². The van der Waals surface area contributed by atoms with E-state index >= 15 is 0 Å². The van der Waals surface area contributed by atoms with Crippen LogP contribution in [0.5, 0.6) is 0 Å². The SMILES string of the molecule is C=CCOC(=O)Nc1cc(CC(=O)O)[nH]n1. The van der Waals surface area contributed by atoms with E-state index in [4.69, 9.17) is 5.11 Å². The number of carbonyl (C=O) groups excluding carboxylic acids is 1. The van der Waals surface area contributed by atoms with Gasteiger partial charge in [-0.1, -0.05) is 12.7 Å². The maximum Gasteiger partial charge on any atom is 0.413 e. The van der Waals surface area contributed by atoms with Crippen molar-refractivity contribution < 1.29 is 19.4 Å². The van der Waals surface area contributed by atoms with Crippen molar-refractivity contribution in [1.29, 1.82) is 0 Å². The first-order valence-corrected chi connectivity index (χ1v) is 4.42. The third-order valence-electron chi connectivity index (χ3n) is 1.53. The predicted octanol–water partition coefficient (Wildman–Crippen LogP) is 0.771. The molecule has 0 radical (unpaired) electrons. The molecule has 86 valence electrons. The normalized spacial score (nSPS) is 9.50. The Morgan fingerprint density at radius 3 is 3.06 bits per heavy atom. The van der Waals surface area contributed by atoms with Crippen LogP contribution in [0.15, 0.2) is 18.7 Å². The highest BCUT2D eigenvalue weighted by Crippen LogP contribution is 2.06. The van der Waals surface area contributed by atoms with Crippen molar-refractivity contribution in [2.24, 2.45) is 0 Å². The Morgan fingerprint density at radius 2 is 2.44 bits per heavy atom. The molecule has 7 heteroatoms. The van der Waals surface area contributed by atoms with Crippen LogP contribution >= 0.6 is 0 Å². The van der Waals surface area contributed by atoms with Gasteiger partial charge in [0.1, 0.15) is 6.61 Å². The number of nitrogens with one attached hydrogen (secondary N) is 2. The third-order valence-corrected chi connectivity index (χ3v) is 1.53. The van der Waals surface area contributed by atoms with Gasteiger partial charge in [0.05, 0.1) is 6.42 Å². The smallest absolute Gasteiger partial charge is 0.413 e. The highest BCUT2D eigenvalue weighted by Gasteiger charge is 2.08. The number of anilines is 1. The molecule has 1 heterocycles. The van der Waals surface area contributed by atoms with Crippen molar-refractivity contribution in [3.63, 3.8) is 0 Å². The van der Waals surface area contributed by atoms with Crippen LogP contribution in [0.1, 0.15) is 5.69 Å². The van der Waals surface area contributed by atoms with Gasteiger partial charge in [-0.05, 0) is 0 Å². The molecule has 1 aromatic rings. The lowest BCUT2D eigenvalue weighted by Gasteiger charge is -2.00. The topological polar surface area (TPSA) is 104 Å². The average molecular weight is 225 g/mol. The van der Waals surface area contributed by atoms with Crippen molar-refractivity contribution in [2.75, 3.05) is 11.9 Å². The molecule has 0 aliphatic heterocycles. The maximum atomic E-state index is 11.1. The first kappa shape index (κ1) is 11.8. The Kier molecular flexibility index (Phi) is 4.07. The molecular weight excluding hydrogens is 214 g/mol. The van der Waals surface area contributed by atoms with Crippen LogP contribution in [0.2, 0.25) is 0 Å². The molecule has 1 rings (SSSR count).